The van der Waals surface area contributed by atoms with Gasteiger partial charge in [0.05, 0.1) is 17.5 Å². The zero-order valence-electron chi connectivity index (χ0n) is 17.3. The summed E-state index contributed by atoms with van der Waals surface area (Å²) in [6.07, 6.45) is -3.88. The van der Waals surface area contributed by atoms with Gasteiger partial charge in [-0.25, -0.2) is 17.9 Å². The molecule has 0 spiro atoms. The van der Waals surface area contributed by atoms with Gasteiger partial charge in [0.15, 0.2) is 5.69 Å². The second-order valence-corrected chi connectivity index (χ2v) is 10.2. The number of sulfonamides is 1. The number of carboxylic acid groups (broad SMARTS) is 1. The number of hydrogen-bond acceptors (Lipinski definition) is 4. The van der Waals surface area contributed by atoms with Crippen molar-refractivity contribution in [3.8, 4) is 0 Å². The van der Waals surface area contributed by atoms with Gasteiger partial charge in [-0.1, -0.05) is 25.1 Å². The molecule has 1 aromatic heterocycles. The molecular formula is C20H24F3N3O4S. The molecule has 1 aliphatic rings. The Hall–Kier alpha value is -2.40. The molecule has 7 nitrogen and oxygen atoms in total. The molecule has 2 N–H and O–H groups in total. The number of halogens is 3. The minimum Gasteiger partial charge on any atom is -0.478 e. The van der Waals surface area contributed by atoms with Crippen molar-refractivity contribution in [3.63, 3.8) is 0 Å². The van der Waals surface area contributed by atoms with E-state index in [1.807, 2.05) is 0 Å². The first-order valence-electron chi connectivity index (χ1n) is 9.85. The van der Waals surface area contributed by atoms with Crippen LogP contribution < -0.4 is 4.72 Å². The summed E-state index contributed by atoms with van der Waals surface area (Å²) in [6.45, 7) is 4.47. The van der Waals surface area contributed by atoms with Crippen LogP contribution in [0.15, 0.2) is 18.2 Å². The molecular weight excluding hydrogens is 435 g/mol. The molecule has 0 fully saturated rings. The van der Waals surface area contributed by atoms with Gasteiger partial charge >= 0.3 is 12.1 Å². The summed E-state index contributed by atoms with van der Waals surface area (Å²) in [6, 6.07) is 4.85. The highest BCUT2D eigenvalue weighted by atomic mass is 32.2. The molecule has 0 bridgehead atoms. The standard InChI is InChI=1S/C20H24F3N3O4S/c1-4-16-17(19(27)28)18(20(21,22)23)26(24-16)10-12-5-6-13-8-15(9-14(13)7-12)25-31(29,30)11(2)3/h5-7,11,15,25H,4,8-10H2,1-3H3,(H,27,28)/t15-/m0/s1. The number of carboxylic acids is 1. The quantitative estimate of drug-likeness (QED) is 0.663. The van der Waals surface area contributed by atoms with E-state index >= 15 is 0 Å². The number of nitrogens with one attached hydrogen (secondary N) is 1. The molecule has 3 rings (SSSR count). The van der Waals surface area contributed by atoms with Gasteiger partial charge in [-0.15, -0.1) is 0 Å². The van der Waals surface area contributed by atoms with Gasteiger partial charge in [0, 0.05) is 6.04 Å². The Morgan fingerprint density at radius 3 is 2.48 bits per heavy atom. The van der Waals surface area contributed by atoms with Gasteiger partial charge in [-0.2, -0.15) is 18.3 Å². The molecule has 11 heteroatoms. The van der Waals surface area contributed by atoms with Crippen molar-refractivity contribution in [3.05, 3.63) is 51.8 Å². The molecule has 1 aliphatic carbocycles. The molecule has 0 saturated carbocycles. The summed E-state index contributed by atoms with van der Waals surface area (Å²) in [5.41, 5.74) is 0.0862. The minimum absolute atomic E-state index is 0.0551. The fraction of sp³-hybridized carbons (Fsp3) is 0.500. The Balaban J connectivity index is 1.89. The number of carbonyl (C=O) groups is 1. The molecule has 1 heterocycles. The highest BCUT2D eigenvalue weighted by molar-refractivity contribution is 7.90. The maximum Gasteiger partial charge on any atom is 0.433 e. The first-order chi connectivity index (χ1) is 14.3. The Morgan fingerprint density at radius 1 is 1.29 bits per heavy atom. The van der Waals surface area contributed by atoms with Crippen molar-refractivity contribution in [2.24, 2.45) is 0 Å². The van der Waals surface area contributed by atoms with E-state index in [2.05, 4.69) is 9.82 Å². The number of alkyl halides is 3. The number of nitrogens with zero attached hydrogens (tertiary/aromatic N) is 2. The van der Waals surface area contributed by atoms with Gasteiger partial charge in [0.1, 0.15) is 5.56 Å². The highest BCUT2D eigenvalue weighted by Crippen LogP contribution is 2.34. The second-order valence-electron chi connectivity index (χ2n) is 7.90. The van der Waals surface area contributed by atoms with Gasteiger partial charge < -0.3 is 5.11 Å². The third-order valence-corrected chi connectivity index (χ3v) is 7.23. The van der Waals surface area contributed by atoms with Crippen LogP contribution >= 0.6 is 0 Å². The minimum atomic E-state index is -4.87. The third kappa shape index (κ3) is 4.77. The largest absolute Gasteiger partial charge is 0.478 e. The van der Waals surface area contributed by atoms with Gasteiger partial charge in [-0.3, -0.25) is 4.68 Å². The third-order valence-electron chi connectivity index (χ3n) is 5.33. The monoisotopic (exact) mass is 459 g/mol. The molecule has 0 unspecified atom stereocenters. The lowest BCUT2D eigenvalue weighted by Gasteiger charge is -2.14. The van der Waals surface area contributed by atoms with E-state index in [4.69, 9.17) is 0 Å². The highest BCUT2D eigenvalue weighted by Gasteiger charge is 2.42. The van der Waals surface area contributed by atoms with Crippen molar-refractivity contribution >= 4 is 16.0 Å². The number of aromatic nitrogens is 2. The van der Waals surface area contributed by atoms with Crippen LogP contribution in [0.3, 0.4) is 0 Å². The summed E-state index contributed by atoms with van der Waals surface area (Å²) in [5.74, 6) is -1.66. The Bertz CT molecular complexity index is 1110. The summed E-state index contributed by atoms with van der Waals surface area (Å²) in [5, 5.41) is 12.6. The number of hydrogen-bond donors (Lipinski definition) is 2. The summed E-state index contributed by atoms with van der Waals surface area (Å²) < 4.78 is 68.5. The zero-order chi connectivity index (χ0) is 23.1. The number of aryl methyl sites for hydroxylation is 1. The van der Waals surface area contributed by atoms with E-state index in [0.717, 1.165) is 11.1 Å². The zero-order valence-corrected chi connectivity index (χ0v) is 18.1. The van der Waals surface area contributed by atoms with Crippen LogP contribution in [0.5, 0.6) is 0 Å². The molecule has 1 aromatic carbocycles. The number of aromatic carboxylic acids is 1. The van der Waals surface area contributed by atoms with E-state index in [1.54, 1.807) is 39.0 Å². The first kappa shape index (κ1) is 23.3. The smallest absolute Gasteiger partial charge is 0.433 e. The van der Waals surface area contributed by atoms with Crippen LogP contribution in [-0.2, 0) is 42.0 Å². The van der Waals surface area contributed by atoms with Crippen LogP contribution in [-0.4, -0.2) is 40.6 Å². The molecule has 1 atom stereocenters. The second kappa shape index (κ2) is 8.27. The normalized spacial score (nSPS) is 16.7. The van der Waals surface area contributed by atoms with Crippen molar-refractivity contribution in [2.45, 2.75) is 64.0 Å². The fourth-order valence-electron chi connectivity index (χ4n) is 3.78. The molecule has 170 valence electrons. The average molecular weight is 459 g/mol. The van der Waals surface area contributed by atoms with Crippen LogP contribution in [0.2, 0.25) is 0 Å². The van der Waals surface area contributed by atoms with Crippen molar-refractivity contribution in [2.75, 3.05) is 0 Å². The molecule has 0 aliphatic heterocycles. The number of fused-ring (bicyclic) bond motifs is 1. The average Bonchev–Trinajstić information content (AvgIpc) is 3.20. The van der Waals surface area contributed by atoms with E-state index in [1.165, 1.54) is 0 Å². The van der Waals surface area contributed by atoms with E-state index in [-0.39, 0.29) is 24.7 Å². The molecule has 0 amide bonds. The number of rotatable bonds is 7. The first-order valence-corrected chi connectivity index (χ1v) is 11.4. The molecule has 2 aromatic rings. The van der Waals surface area contributed by atoms with E-state index in [0.29, 0.717) is 23.1 Å². The lowest BCUT2D eigenvalue weighted by atomic mass is 10.1. The Morgan fingerprint density at radius 2 is 1.94 bits per heavy atom. The summed E-state index contributed by atoms with van der Waals surface area (Å²) in [4.78, 5) is 11.5. The Labute approximate surface area is 178 Å². The van der Waals surface area contributed by atoms with Gasteiger partial charge in [0.2, 0.25) is 10.0 Å². The predicted molar refractivity (Wildman–Crippen MR) is 107 cm³/mol. The summed E-state index contributed by atoms with van der Waals surface area (Å²) in [7, 11) is -3.44. The summed E-state index contributed by atoms with van der Waals surface area (Å²) >= 11 is 0. The lowest BCUT2D eigenvalue weighted by Crippen LogP contribution is -2.39. The molecule has 31 heavy (non-hydrogen) atoms. The van der Waals surface area contributed by atoms with Gasteiger partial charge in [0.25, 0.3) is 0 Å². The van der Waals surface area contributed by atoms with Crippen molar-refractivity contribution in [1.29, 1.82) is 0 Å². The van der Waals surface area contributed by atoms with Crippen LogP contribution in [0.1, 0.15) is 59.2 Å². The topological polar surface area (TPSA) is 101 Å². The number of benzene rings is 1. The SMILES string of the molecule is CCc1nn(Cc2ccc3c(c2)C[C@@H](NS(=O)(=O)C(C)C)C3)c(C(F)(F)F)c1C(=O)O. The molecule has 0 saturated heterocycles. The Kier molecular flexibility index (Phi) is 6.21. The van der Waals surface area contributed by atoms with E-state index < -0.39 is 38.7 Å². The maximum atomic E-state index is 13.6. The van der Waals surface area contributed by atoms with Crippen LogP contribution in [0, 0.1) is 0 Å². The van der Waals surface area contributed by atoms with Crippen LogP contribution in [0.25, 0.3) is 0 Å². The van der Waals surface area contributed by atoms with Crippen molar-refractivity contribution in [1.82, 2.24) is 14.5 Å². The predicted octanol–water partition coefficient (Wildman–Crippen LogP) is 3.01. The van der Waals surface area contributed by atoms with E-state index in [9.17, 15) is 31.5 Å². The fourth-order valence-corrected chi connectivity index (χ4v) is 4.68. The molecule has 0 radical (unpaired) electrons. The maximum absolute atomic E-state index is 13.6. The van der Waals surface area contributed by atoms with Crippen LogP contribution in [0.4, 0.5) is 13.2 Å². The van der Waals surface area contributed by atoms with Gasteiger partial charge in [-0.05, 0) is 49.8 Å². The van der Waals surface area contributed by atoms with Crippen molar-refractivity contribution < 1.29 is 31.5 Å². The lowest BCUT2D eigenvalue weighted by molar-refractivity contribution is -0.144.